The zero-order chi connectivity index (χ0) is 10.7. The van der Waals surface area contributed by atoms with Crippen molar-refractivity contribution in [3.63, 3.8) is 0 Å². The second-order valence-corrected chi connectivity index (χ2v) is 4.28. The number of aliphatic hydroxyl groups is 1. The zero-order valence-corrected chi connectivity index (χ0v) is 8.84. The standard InChI is InChI=1S/C12H18N2O/c13-12(11-4-2-1-3-5-11)8-14-6-10(7-14)9-15/h1-5,10,12,15H,6-9,13H2/t12-/m1/s1. The topological polar surface area (TPSA) is 49.5 Å². The van der Waals surface area contributed by atoms with Crippen molar-refractivity contribution in [3.05, 3.63) is 35.9 Å². The molecule has 0 saturated carbocycles. The van der Waals surface area contributed by atoms with Crippen LogP contribution in [0.25, 0.3) is 0 Å². The molecule has 0 unspecified atom stereocenters. The highest BCUT2D eigenvalue weighted by molar-refractivity contribution is 5.18. The van der Waals surface area contributed by atoms with E-state index in [1.807, 2.05) is 18.2 Å². The number of likely N-dealkylation sites (tertiary alicyclic amines) is 1. The van der Waals surface area contributed by atoms with E-state index in [2.05, 4.69) is 17.0 Å². The molecule has 1 aromatic carbocycles. The smallest absolute Gasteiger partial charge is 0.0483 e. The van der Waals surface area contributed by atoms with Crippen molar-refractivity contribution in [1.82, 2.24) is 4.90 Å². The molecule has 3 nitrogen and oxygen atoms in total. The summed E-state index contributed by atoms with van der Waals surface area (Å²) in [5, 5.41) is 8.90. The van der Waals surface area contributed by atoms with Crippen molar-refractivity contribution >= 4 is 0 Å². The summed E-state index contributed by atoms with van der Waals surface area (Å²) in [7, 11) is 0. The second-order valence-electron chi connectivity index (χ2n) is 4.28. The third-order valence-corrected chi connectivity index (χ3v) is 2.97. The maximum absolute atomic E-state index is 8.90. The second kappa shape index (κ2) is 4.75. The number of hydrogen-bond donors (Lipinski definition) is 2. The van der Waals surface area contributed by atoms with E-state index in [9.17, 15) is 0 Å². The van der Waals surface area contributed by atoms with Crippen LogP contribution in [0.1, 0.15) is 11.6 Å². The Labute approximate surface area is 90.5 Å². The van der Waals surface area contributed by atoms with Gasteiger partial charge >= 0.3 is 0 Å². The normalized spacial score (nSPS) is 19.9. The molecule has 1 saturated heterocycles. The molecule has 1 aliphatic heterocycles. The Bertz CT molecular complexity index is 296. The quantitative estimate of drug-likeness (QED) is 0.759. The molecule has 3 N–H and O–H groups in total. The first kappa shape index (κ1) is 10.6. The first-order chi connectivity index (χ1) is 7.29. The average Bonchev–Trinajstić information content (AvgIpc) is 2.23. The lowest BCUT2D eigenvalue weighted by atomic mass is 9.99. The lowest BCUT2D eigenvalue weighted by molar-refractivity contribution is 0.0495. The van der Waals surface area contributed by atoms with Gasteiger partial charge in [0.1, 0.15) is 0 Å². The Hall–Kier alpha value is -0.900. The Morgan fingerprint density at radius 2 is 2.00 bits per heavy atom. The molecule has 0 aliphatic carbocycles. The van der Waals surface area contributed by atoms with Crippen molar-refractivity contribution in [2.45, 2.75) is 6.04 Å². The van der Waals surface area contributed by atoms with Gasteiger partial charge in [0.15, 0.2) is 0 Å². The van der Waals surface area contributed by atoms with Crippen LogP contribution in [0.4, 0.5) is 0 Å². The van der Waals surface area contributed by atoms with Crippen LogP contribution >= 0.6 is 0 Å². The number of hydrogen-bond acceptors (Lipinski definition) is 3. The Kier molecular flexibility index (Phi) is 3.36. The van der Waals surface area contributed by atoms with Crippen LogP contribution in [0.2, 0.25) is 0 Å². The summed E-state index contributed by atoms with van der Waals surface area (Å²) in [5.41, 5.74) is 7.27. The predicted octanol–water partition coefficient (Wildman–Crippen LogP) is 0.610. The SMILES string of the molecule is N[C@H](CN1CC(CO)C1)c1ccccc1. The predicted molar refractivity (Wildman–Crippen MR) is 60.4 cm³/mol. The molecular weight excluding hydrogens is 188 g/mol. The minimum Gasteiger partial charge on any atom is -0.396 e. The highest BCUT2D eigenvalue weighted by atomic mass is 16.3. The Balaban J connectivity index is 1.81. The van der Waals surface area contributed by atoms with E-state index < -0.39 is 0 Å². The molecular formula is C12H18N2O. The molecule has 1 atom stereocenters. The average molecular weight is 206 g/mol. The van der Waals surface area contributed by atoms with Crippen LogP contribution in [0.5, 0.6) is 0 Å². The number of rotatable bonds is 4. The maximum atomic E-state index is 8.90. The Morgan fingerprint density at radius 1 is 1.33 bits per heavy atom. The molecule has 3 heteroatoms. The van der Waals surface area contributed by atoms with Gasteiger partial charge in [0.05, 0.1) is 0 Å². The van der Waals surface area contributed by atoms with Gasteiger partial charge in [-0.25, -0.2) is 0 Å². The van der Waals surface area contributed by atoms with E-state index in [1.54, 1.807) is 0 Å². The summed E-state index contributed by atoms with van der Waals surface area (Å²) in [6, 6.07) is 10.2. The molecule has 0 spiro atoms. The highest BCUT2D eigenvalue weighted by Gasteiger charge is 2.26. The third kappa shape index (κ3) is 2.56. The van der Waals surface area contributed by atoms with Crippen LogP contribution in [0, 0.1) is 5.92 Å². The molecule has 0 amide bonds. The van der Waals surface area contributed by atoms with E-state index in [0.717, 1.165) is 19.6 Å². The van der Waals surface area contributed by atoms with Gasteiger partial charge in [0.25, 0.3) is 0 Å². The highest BCUT2D eigenvalue weighted by Crippen LogP contribution is 2.18. The number of nitrogens with two attached hydrogens (primary N) is 1. The molecule has 0 bridgehead atoms. The fourth-order valence-corrected chi connectivity index (χ4v) is 2.03. The van der Waals surface area contributed by atoms with Gasteiger partial charge in [-0.1, -0.05) is 30.3 Å². The third-order valence-electron chi connectivity index (χ3n) is 2.97. The first-order valence-electron chi connectivity index (χ1n) is 5.43. The van der Waals surface area contributed by atoms with Gasteiger partial charge in [0.2, 0.25) is 0 Å². The number of aliphatic hydroxyl groups excluding tert-OH is 1. The van der Waals surface area contributed by atoms with Crippen molar-refractivity contribution < 1.29 is 5.11 Å². The molecule has 15 heavy (non-hydrogen) atoms. The van der Waals surface area contributed by atoms with Gasteiger partial charge in [-0.2, -0.15) is 0 Å². The van der Waals surface area contributed by atoms with Gasteiger partial charge in [-0.15, -0.1) is 0 Å². The minimum absolute atomic E-state index is 0.0887. The molecule has 82 valence electrons. The summed E-state index contributed by atoms with van der Waals surface area (Å²) in [5.74, 6) is 0.466. The monoisotopic (exact) mass is 206 g/mol. The van der Waals surface area contributed by atoms with Crippen LogP contribution in [0.15, 0.2) is 30.3 Å². The van der Waals surface area contributed by atoms with Crippen molar-refractivity contribution in [2.75, 3.05) is 26.2 Å². The van der Waals surface area contributed by atoms with Crippen molar-refractivity contribution in [1.29, 1.82) is 0 Å². The molecule has 1 heterocycles. The molecule has 1 fully saturated rings. The molecule has 0 aromatic heterocycles. The van der Waals surface area contributed by atoms with Crippen molar-refractivity contribution in [2.24, 2.45) is 11.7 Å². The minimum atomic E-state index is 0.0887. The summed E-state index contributed by atoms with van der Waals surface area (Å²) >= 11 is 0. The zero-order valence-electron chi connectivity index (χ0n) is 8.84. The summed E-state index contributed by atoms with van der Waals surface area (Å²) < 4.78 is 0. The molecule has 1 aromatic rings. The van der Waals surface area contributed by atoms with Crippen LogP contribution in [0.3, 0.4) is 0 Å². The van der Waals surface area contributed by atoms with Crippen molar-refractivity contribution in [3.8, 4) is 0 Å². The molecule has 1 aliphatic rings. The van der Waals surface area contributed by atoms with Crippen LogP contribution in [-0.2, 0) is 0 Å². The van der Waals surface area contributed by atoms with Gasteiger partial charge in [0, 0.05) is 38.2 Å². The van der Waals surface area contributed by atoms with Gasteiger partial charge in [-0.05, 0) is 5.56 Å². The van der Waals surface area contributed by atoms with E-state index in [1.165, 1.54) is 5.56 Å². The largest absolute Gasteiger partial charge is 0.396 e. The number of benzene rings is 1. The first-order valence-corrected chi connectivity index (χ1v) is 5.43. The Morgan fingerprint density at radius 3 is 2.60 bits per heavy atom. The fourth-order valence-electron chi connectivity index (χ4n) is 2.03. The molecule has 0 radical (unpaired) electrons. The van der Waals surface area contributed by atoms with Gasteiger partial charge < -0.3 is 15.7 Å². The maximum Gasteiger partial charge on any atom is 0.0483 e. The number of nitrogens with zero attached hydrogens (tertiary/aromatic N) is 1. The summed E-state index contributed by atoms with van der Waals surface area (Å²) in [4.78, 5) is 2.29. The van der Waals surface area contributed by atoms with E-state index in [-0.39, 0.29) is 6.04 Å². The summed E-state index contributed by atoms with van der Waals surface area (Å²) in [6.07, 6.45) is 0. The van der Waals surface area contributed by atoms with Gasteiger partial charge in [-0.3, -0.25) is 0 Å². The van der Waals surface area contributed by atoms with Crippen LogP contribution < -0.4 is 5.73 Å². The lowest BCUT2D eigenvalue weighted by Crippen LogP contribution is -2.50. The van der Waals surface area contributed by atoms with Crippen LogP contribution in [-0.4, -0.2) is 36.2 Å². The fraction of sp³-hybridized carbons (Fsp3) is 0.500. The van der Waals surface area contributed by atoms with E-state index >= 15 is 0 Å². The molecule has 2 rings (SSSR count). The van der Waals surface area contributed by atoms with E-state index in [0.29, 0.717) is 12.5 Å². The summed E-state index contributed by atoms with van der Waals surface area (Å²) in [6.45, 7) is 3.16. The lowest BCUT2D eigenvalue weighted by Gasteiger charge is -2.39. The van der Waals surface area contributed by atoms with E-state index in [4.69, 9.17) is 10.8 Å².